The van der Waals surface area contributed by atoms with Gasteiger partial charge in [0.2, 0.25) is 0 Å². The molecule has 0 radical (unpaired) electrons. The lowest BCUT2D eigenvalue weighted by atomic mass is 10.0. The lowest BCUT2D eigenvalue weighted by molar-refractivity contribution is 0.337. The summed E-state index contributed by atoms with van der Waals surface area (Å²) in [7, 11) is 8.68. The summed E-state index contributed by atoms with van der Waals surface area (Å²) in [6, 6.07) is 0.344. The van der Waals surface area contributed by atoms with Crippen molar-refractivity contribution >= 4 is 7.51 Å². The third kappa shape index (κ3) is 6.39. The van der Waals surface area contributed by atoms with Gasteiger partial charge in [-0.15, -0.1) is 13.2 Å². The van der Waals surface area contributed by atoms with Gasteiger partial charge in [-0.2, -0.15) is 0 Å². The predicted molar refractivity (Wildman–Crippen MR) is 107 cm³/mol. The summed E-state index contributed by atoms with van der Waals surface area (Å²) in [5.41, 5.74) is 3.47. The van der Waals surface area contributed by atoms with Crippen molar-refractivity contribution in [3.63, 3.8) is 0 Å². The molecule has 134 valence electrons. The second-order valence-electron chi connectivity index (χ2n) is 7.04. The van der Waals surface area contributed by atoms with Crippen LogP contribution >= 0.6 is 7.51 Å². The Bertz CT molecular complexity index is 463. The first-order valence-corrected chi connectivity index (χ1v) is 9.65. The monoisotopic (exact) mass is 340 g/mol. The van der Waals surface area contributed by atoms with Crippen molar-refractivity contribution in [1.29, 1.82) is 0 Å². The van der Waals surface area contributed by atoms with E-state index in [1.807, 2.05) is 6.92 Å². The van der Waals surface area contributed by atoms with E-state index >= 15 is 0 Å². The van der Waals surface area contributed by atoms with Crippen molar-refractivity contribution in [1.82, 2.24) is 14.0 Å². The minimum Gasteiger partial charge on any atom is -0.256 e. The van der Waals surface area contributed by atoms with Crippen LogP contribution in [0, 0.1) is 0 Å². The van der Waals surface area contributed by atoms with Gasteiger partial charge in [0.05, 0.1) is 6.54 Å². The smallest absolute Gasteiger partial charge is 0.167 e. The van der Waals surface area contributed by atoms with Crippen molar-refractivity contribution in [2.24, 2.45) is 4.74 Å². The molecule has 5 heteroatoms. The number of rotatable bonds is 10. The zero-order valence-corrected chi connectivity index (χ0v) is 17.5. The fraction of sp³-hybridized carbons (Fsp3) is 0.667. The van der Waals surface area contributed by atoms with Crippen LogP contribution < -0.4 is 0 Å². The van der Waals surface area contributed by atoms with Crippen molar-refractivity contribution in [2.75, 3.05) is 41.8 Å². The van der Waals surface area contributed by atoms with Crippen LogP contribution in [0.5, 0.6) is 0 Å². The molecule has 0 atom stereocenters. The van der Waals surface area contributed by atoms with E-state index < -0.39 is 7.51 Å². The maximum atomic E-state index is 5.12. The Morgan fingerprint density at radius 2 is 1.22 bits per heavy atom. The van der Waals surface area contributed by atoms with Gasteiger partial charge in [-0.25, -0.2) is 4.67 Å². The van der Waals surface area contributed by atoms with Gasteiger partial charge in [0.15, 0.2) is 7.51 Å². The van der Waals surface area contributed by atoms with Crippen LogP contribution in [-0.4, -0.2) is 61.8 Å². The van der Waals surface area contributed by atoms with Gasteiger partial charge < -0.3 is 0 Å². The van der Waals surface area contributed by atoms with Crippen LogP contribution in [0.1, 0.15) is 33.6 Å². The molecule has 0 fully saturated rings. The van der Waals surface area contributed by atoms with Gasteiger partial charge in [-0.3, -0.25) is 14.1 Å². The zero-order valence-electron chi connectivity index (χ0n) is 16.6. The molecule has 0 aromatic heterocycles. The van der Waals surface area contributed by atoms with Crippen LogP contribution in [-0.2, 0) is 0 Å². The van der Waals surface area contributed by atoms with Crippen molar-refractivity contribution in [3.05, 3.63) is 36.5 Å². The van der Waals surface area contributed by atoms with Crippen LogP contribution in [0.2, 0.25) is 0 Å². The van der Waals surface area contributed by atoms with Gasteiger partial charge in [-0.05, 0) is 68.9 Å². The van der Waals surface area contributed by atoms with E-state index in [4.69, 9.17) is 4.74 Å². The minimum atomic E-state index is -1.97. The highest BCUT2D eigenvalue weighted by Crippen LogP contribution is 2.57. The highest BCUT2D eigenvalue weighted by molar-refractivity contribution is 7.59. The molecule has 0 aromatic carbocycles. The number of nitrogens with zero attached hydrogens (tertiary/aromatic N) is 4. The van der Waals surface area contributed by atoms with E-state index in [0.717, 1.165) is 18.4 Å². The molecule has 0 unspecified atom stereocenters. The third-order valence-corrected chi connectivity index (χ3v) is 7.56. The fourth-order valence-electron chi connectivity index (χ4n) is 2.85. The largest absolute Gasteiger partial charge is 0.256 e. The summed E-state index contributed by atoms with van der Waals surface area (Å²) in [6.07, 6.45) is 1.91. The van der Waals surface area contributed by atoms with Crippen LogP contribution in [0.3, 0.4) is 0 Å². The van der Waals surface area contributed by atoms with Gasteiger partial charge in [0.25, 0.3) is 0 Å². The second kappa shape index (κ2) is 9.58. The first-order valence-electron chi connectivity index (χ1n) is 8.05. The van der Waals surface area contributed by atoms with E-state index in [1.54, 1.807) is 0 Å². The van der Waals surface area contributed by atoms with Gasteiger partial charge in [-0.1, -0.05) is 23.3 Å². The molecule has 4 nitrogen and oxygen atoms in total. The van der Waals surface area contributed by atoms with Gasteiger partial charge in [0.1, 0.15) is 0 Å². The molecule has 0 N–H and O–H groups in total. The maximum absolute atomic E-state index is 5.12. The third-order valence-electron chi connectivity index (χ3n) is 3.72. The highest BCUT2D eigenvalue weighted by atomic mass is 31.2. The molecule has 0 aliphatic carbocycles. The summed E-state index contributed by atoms with van der Waals surface area (Å²) in [5.74, 6) is 0. The second-order valence-corrected chi connectivity index (χ2v) is 10.6. The SMILES string of the molecule is C=C(C)CN=P(N(C)C)(N(C)C)N(C)C(CC(=C)C)CC(=C)C. The van der Waals surface area contributed by atoms with E-state index in [2.05, 4.69) is 82.8 Å². The molecule has 23 heavy (non-hydrogen) atoms. The van der Waals surface area contributed by atoms with E-state index in [-0.39, 0.29) is 0 Å². The molecule has 0 aliphatic rings. The average molecular weight is 340 g/mol. The Hall–Kier alpha value is -0.670. The zero-order chi connectivity index (χ0) is 18.4. The highest BCUT2D eigenvalue weighted by Gasteiger charge is 2.34. The van der Waals surface area contributed by atoms with Crippen molar-refractivity contribution < 1.29 is 0 Å². The molecular formula is C18H37N4P. The fourth-order valence-corrected chi connectivity index (χ4v) is 6.43. The minimum absolute atomic E-state index is 0.344. The van der Waals surface area contributed by atoms with Crippen LogP contribution in [0.25, 0.3) is 0 Å². The molecule has 0 aromatic rings. The van der Waals surface area contributed by atoms with Gasteiger partial charge >= 0.3 is 0 Å². The molecule has 0 amide bonds. The van der Waals surface area contributed by atoms with Crippen molar-refractivity contribution in [3.8, 4) is 0 Å². The lowest BCUT2D eigenvalue weighted by Crippen LogP contribution is -2.39. The first kappa shape index (κ1) is 22.3. The van der Waals surface area contributed by atoms with Crippen molar-refractivity contribution in [2.45, 2.75) is 39.7 Å². The Morgan fingerprint density at radius 1 is 0.826 bits per heavy atom. The molecule has 0 saturated heterocycles. The molecule has 0 rings (SSSR count). The summed E-state index contributed by atoms with van der Waals surface area (Å²) in [4.78, 5) is 0. The maximum Gasteiger partial charge on any atom is 0.167 e. The molecule has 0 heterocycles. The van der Waals surface area contributed by atoms with E-state index in [1.165, 1.54) is 11.1 Å². The topological polar surface area (TPSA) is 22.1 Å². The molecule has 0 saturated carbocycles. The number of hydrogen-bond acceptors (Lipinski definition) is 1. The van der Waals surface area contributed by atoms with Crippen LogP contribution in [0.15, 0.2) is 41.2 Å². The Kier molecular flexibility index (Phi) is 9.30. The summed E-state index contributed by atoms with van der Waals surface area (Å²) >= 11 is 0. The quantitative estimate of drug-likeness (QED) is 0.419. The molecule has 0 aliphatic heterocycles. The van der Waals surface area contributed by atoms with E-state index in [9.17, 15) is 0 Å². The summed E-state index contributed by atoms with van der Waals surface area (Å²) < 4.78 is 12.1. The predicted octanol–water partition coefficient (Wildman–Crippen LogP) is 4.86. The lowest BCUT2D eigenvalue weighted by Gasteiger charge is -2.46. The van der Waals surface area contributed by atoms with Crippen LogP contribution in [0.4, 0.5) is 0 Å². The van der Waals surface area contributed by atoms with E-state index in [0.29, 0.717) is 12.6 Å². The molecule has 0 spiro atoms. The Labute approximate surface area is 144 Å². The standard InChI is InChI=1S/C18H37N4P/c1-15(2)12-18(13-16(3)4)22(11)23(20(7)8,21(9)10)19-14-17(5)6/h18H,1,3,5,12-14H2,2,4,6-11H3. The summed E-state index contributed by atoms with van der Waals surface area (Å²) in [6.45, 7) is 19.1. The Morgan fingerprint density at radius 3 is 1.48 bits per heavy atom. The molecular weight excluding hydrogens is 303 g/mol. The van der Waals surface area contributed by atoms with Gasteiger partial charge in [0, 0.05) is 6.04 Å². The average Bonchev–Trinajstić information content (AvgIpc) is 2.35. The normalized spacial score (nSPS) is 12.3. The summed E-state index contributed by atoms with van der Waals surface area (Å²) in [5, 5.41) is 0. The Balaban J connectivity index is 6.00. The molecule has 0 bridgehead atoms. The first-order chi connectivity index (χ1) is 10.4. The number of hydrogen-bond donors (Lipinski definition) is 0.